The van der Waals surface area contributed by atoms with Crippen LogP contribution in [0.2, 0.25) is 0 Å². The third-order valence-corrected chi connectivity index (χ3v) is 14.3. The molecule has 1 saturated heterocycles. The Hall–Kier alpha value is -2.05. The molecule has 0 aromatic rings. The van der Waals surface area contributed by atoms with Crippen LogP contribution in [0.15, 0.2) is 0 Å². The summed E-state index contributed by atoms with van der Waals surface area (Å²) in [6, 6.07) is -1.66. The second-order valence-corrected chi connectivity index (χ2v) is 20.7. The van der Waals surface area contributed by atoms with Gasteiger partial charge in [-0.25, -0.2) is 4.79 Å². The number of nitrogens with one attached hydrogen (secondary N) is 1. The largest absolute Gasteiger partial charge is 0.479 e. The summed E-state index contributed by atoms with van der Waals surface area (Å²) >= 11 is 0. The zero-order valence-electron chi connectivity index (χ0n) is 41.3. The zero-order valence-corrected chi connectivity index (χ0v) is 42.2. The topological polar surface area (TPSA) is 206 Å². The lowest BCUT2D eigenvalue weighted by Crippen LogP contribution is -2.66. The minimum absolute atomic E-state index is 0.0284. The molecule has 0 spiro atoms. The van der Waals surface area contributed by atoms with E-state index in [1.807, 2.05) is 0 Å². The molecule has 1 aliphatic heterocycles. The van der Waals surface area contributed by atoms with Gasteiger partial charge in [0.1, 0.15) is 23.9 Å². The number of carboxylic acids is 1. The first kappa shape index (κ1) is 61.0. The van der Waals surface area contributed by atoms with E-state index >= 15 is 0 Å². The molecule has 0 saturated carbocycles. The second-order valence-electron chi connectivity index (χ2n) is 19.0. The standard InChI is InChI=1S/C51H96NO12P/c1-4-7-10-13-16-19-22-25-28-31-34-37-42(62-45(55)39-36-33-30-27-24-21-18-15-12-9-6-3)40-46(56)64-48-47(49(51(57)58)63-43(41-53)50(48)65(59,60)61)52-44(54)38-35-32-29-26-23-20-17-14-11-8-5-2/h42-43,47-50,53H,4-41H2,1-3H3,(H,52,54)(H,57,58)(H2,59,60,61)/t42-,43-,47-,48-,49+,50-/m1/s1. The normalized spacial score (nSPS) is 19.2. The first-order chi connectivity index (χ1) is 31.4. The SMILES string of the molecule is CCCCCCCCCCCCCC(=O)N[C@@H]1[C@@H](OC(=O)C[C@@H](CCCCCCCCCCCCC)OC(=O)CCCCCCCCCCCCC)[C@H](P(=O)(O)O)[C@@H](CO)O[C@@H]1C(=O)O. The predicted octanol–water partition coefficient (Wildman–Crippen LogP) is 12.2. The fourth-order valence-electron chi connectivity index (χ4n) is 9.03. The number of carbonyl (C=O) groups is 4. The summed E-state index contributed by atoms with van der Waals surface area (Å²) in [6.45, 7) is 5.66. The molecule has 14 heteroatoms. The highest BCUT2D eigenvalue weighted by Gasteiger charge is 2.57. The number of hydrogen-bond acceptors (Lipinski definition) is 9. The molecule has 0 aliphatic carbocycles. The van der Waals surface area contributed by atoms with Gasteiger partial charge in [0.25, 0.3) is 0 Å². The minimum Gasteiger partial charge on any atom is -0.479 e. The number of esters is 2. The quantitative estimate of drug-likeness (QED) is 0.0220. The van der Waals surface area contributed by atoms with Gasteiger partial charge in [0.2, 0.25) is 5.91 Å². The van der Waals surface area contributed by atoms with E-state index in [1.54, 1.807) is 0 Å². The minimum atomic E-state index is -5.23. The highest BCUT2D eigenvalue weighted by atomic mass is 31.2. The Bertz CT molecular complexity index is 1260. The first-order valence-electron chi connectivity index (χ1n) is 26.6. The van der Waals surface area contributed by atoms with Crippen LogP contribution in [0, 0.1) is 0 Å². The second kappa shape index (κ2) is 39.9. The maximum atomic E-state index is 13.8. The van der Waals surface area contributed by atoms with Crippen molar-refractivity contribution in [3.05, 3.63) is 0 Å². The van der Waals surface area contributed by atoms with Crippen LogP contribution in [-0.4, -0.2) is 86.5 Å². The third kappa shape index (κ3) is 30.9. The number of carbonyl (C=O) groups excluding carboxylic acids is 3. The van der Waals surface area contributed by atoms with E-state index in [4.69, 9.17) is 14.2 Å². The average Bonchev–Trinajstić information content (AvgIpc) is 3.26. The summed E-state index contributed by atoms with van der Waals surface area (Å²) in [4.78, 5) is 73.7. The monoisotopic (exact) mass is 946 g/mol. The molecule has 65 heavy (non-hydrogen) atoms. The molecule has 0 aromatic heterocycles. The molecule has 1 rings (SSSR count). The summed E-state index contributed by atoms with van der Waals surface area (Å²) in [7, 11) is -5.23. The molecule has 6 atom stereocenters. The van der Waals surface area contributed by atoms with E-state index in [0.29, 0.717) is 25.7 Å². The van der Waals surface area contributed by atoms with Gasteiger partial charge in [-0.3, -0.25) is 18.9 Å². The molecule has 1 fully saturated rings. The molecule has 0 unspecified atom stereocenters. The third-order valence-electron chi connectivity index (χ3n) is 12.9. The van der Waals surface area contributed by atoms with Crippen molar-refractivity contribution < 1.29 is 58.0 Å². The Morgan fingerprint density at radius 3 is 1.34 bits per heavy atom. The van der Waals surface area contributed by atoms with Gasteiger partial charge in [-0.1, -0.05) is 213 Å². The smallest absolute Gasteiger partial charge is 0.335 e. The van der Waals surface area contributed by atoms with Gasteiger partial charge in [0.05, 0.1) is 19.1 Å². The van der Waals surface area contributed by atoms with Crippen molar-refractivity contribution in [2.75, 3.05) is 6.61 Å². The predicted molar refractivity (Wildman–Crippen MR) is 259 cm³/mol. The highest BCUT2D eigenvalue weighted by Crippen LogP contribution is 2.49. The average molecular weight is 946 g/mol. The maximum Gasteiger partial charge on any atom is 0.335 e. The fourth-order valence-corrected chi connectivity index (χ4v) is 10.3. The number of rotatable bonds is 44. The molecule has 1 heterocycles. The molecule has 1 amide bonds. The van der Waals surface area contributed by atoms with Crippen molar-refractivity contribution in [3.63, 3.8) is 0 Å². The molecule has 0 radical (unpaired) electrons. The number of aliphatic hydroxyl groups excluding tert-OH is 1. The van der Waals surface area contributed by atoms with Crippen LogP contribution in [0.3, 0.4) is 0 Å². The summed E-state index contributed by atoms with van der Waals surface area (Å²) in [5.74, 6) is -3.52. The summed E-state index contributed by atoms with van der Waals surface area (Å²) in [5.41, 5.74) is -1.96. The summed E-state index contributed by atoms with van der Waals surface area (Å²) in [5, 5.41) is 22.9. The van der Waals surface area contributed by atoms with Crippen LogP contribution in [0.1, 0.15) is 258 Å². The van der Waals surface area contributed by atoms with Crippen LogP contribution in [0.5, 0.6) is 0 Å². The number of aliphatic hydroxyl groups is 1. The lowest BCUT2D eigenvalue weighted by atomic mass is 9.93. The van der Waals surface area contributed by atoms with Crippen molar-refractivity contribution in [2.45, 2.75) is 294 Å². The van der Waals surface area contributed by atoms with E-state index in [-0.39, 0.29) is 12.8 Å². The van der Waals surface area contributed by atoms with Gasteiger partial charge < -0.3 is 39.5 Å². The van der Waals surface area contributed by atoms with Crippen molar-refractivity contribution in [3.8, 4) is 0 Å². The first-order valence-corrected chi connectivity index (χ1v) is 28.3. The number of amides is 1. The van der Waals surface area contributed by atoms with Crippen LogP contribution in [0.4, 0.5) is 0 Å². The van der Waals surface area contributed by atoms with Crippen molar-refractivity contribution in [1.82, 2.24) is 5.32 Å². The fraction of sp³-hybridized carbons (Fsp3) is 0.922. The number of aliphatic carboxylic acids is 1. The zero-order chi connectivity index (χ0) is 48.0. The molecular weight excluding hydrogens is 850 g/mol. The Kier molecular flexibility index (Phi) is 37.4. The van der Waals surface area contributed by atoms with E-state index in [9.17, 15) is 43.7 Å². The maximum absolute atomic E-state index is 13.8. The number of carboxylic acid groups (broad SMARTS) is 1. The molecule has 1 aliphatic rings. The van der Waals surface area contributed by atoms with E-state index in [0.717, 1.165) is 70.6 Å². The number of ether oxygens (including phenoxy) is 3. The summed E-state index contributed by atoms with van der Waals surface area (Å²) < 4.78 is 30.1. The summed E-state index contributed by atoms with van der Waals surface area (Å²) in [6.07, 6.45) is 30.5. The molecule has 0 bridgehead atoms. The lowest BCUT2D eigenvalue weighted by Gasteiger charge is -2.44. The molecule has 0 aromatic carbocycles. The van der Waals surface area contributed by atoms with Gasteiger partial charge >= 0.3 is 25.5 Å². The van der Waals surface area contributed by atoms with Crippen molar-refractivity contribution in [2.24, 2.45) is 0 Å². The molecule has 382 valence electrons. The van der Waals surface area contributed by atoms with Gasteiger partial charge in [-0.05, 0) is 25.7 Å². The molecule has 5 N–H and O–H groups in total. The van der Waals surface area contributed by atoms with Crippen molar-refractivity contribution in [1.29, 1.82) is 0 Å². The van der Waals surface area contributed by atoms with Crippen LogP contribution >= 0.6 is 7.60 Å². The van der Waals surface area contributed by atoms with Gasteiger partial charge in [0, 0.05) is 12.8 Å². The number of unbranched alkanes of at least 4 members (excludes halogenated alkanes) is 30. The van der Waals surface area contributed by atoms with Gasteiger partial charge in [-0.15, -0.1) is 0 Å². The van der Waals surface area contributed by atoms with E-state index in [1.165, 1.54) is 122 Å². The lowest BCUT2D eigenvalue weighted by molar-refractivity contribution is -0.188. The molecular formula is C51H96NO12P. The van der Waals surface area contributed by atoms with Crippen molar-refractivity contribution >= 4 is 31.4 Å². The number of hydrogen-bond donors (Lipinski definition) is 5. The van der Waals surface area contributed by atoms with E-state index in [2.05, 4.69) is 26.1 Å². The molecule has 13 nitrogen and oxygen atoms in total. The Morgan fingerprint density at radius 2 is 0.954 bits per heavy atom. The van der Waals surface area contributed by atoms with Gasteiger partial charge in [0.15, 0.2) is 6.10 Å². The van der Waals surface area contributed by atoms with Gasteiger partial charge in [-0.2, -0.15) is 0 Å². The van der Waals surface area contributed by atoms with E-state index < -0.39 is 80.6 Å². The van der Waals surface area contributed by atoms with Crippen LogP contribution in [-0.2, 0) is 38.0 Å². The Morgan fingerprint density at radius 1 is 0.569 bits per heavy atom. The van der Waals surface area contributed by atoms with Crippen LogP contribution < -0.4 is 5.32 Å². The Balaban J connectivity index is 2.97. The van der Waals surface area contributed by atoms with Crippen LogP contribution in [0.25, 0.3) is 0 Å². The highest BCUT2D eigenvalue weighted by molar-refractivity contribution is 7.52. The Labute approximate surface area is 394 Å².